The van der Waals surface area contributed by atoms with Gasteiger partial charge in [-0.2, -0.15) is 0 Å². The van der Waals surface area contributed by atoms with Crippen molar-refractivity contribution in [3.05, 3.63) is 60.0 Å². The molecule has 3 aliphatic heterocycles. The molecule has 38 heavy (non-hydrogen) atoms. The zero-order valence-electron chi connectivity index (χ0n) is 22.2. The van der Waals surface area contributed by atoms with Crippen LogP contribution >= 0.6 is 0 Å². The number of hydrogen-bond acceptors (Lipinski definition) is 7. The van der Waals surface area contributed by atoms with E-state index in [4.69, 9.17) is 14.2 Å². The van der Waals surface area contributed by atoms with Crippen LogP contribution in [0.1, 0.15) is 44.0 Å². The summed E-state index contributed by atoms with van der Waals surface area (Å²) in [5, 5.41) is 1.08. The lowest BCUT2D eigenvalue weighted by Gasteiger charge is -2.47. The van der Waals surface area contributed by atoms with Crippen LogP contribution in [0.2, 0.25) is 0 Å². The fourth-order valence-electron chi connectivity index (χ4n) is 6.29. The fraction of sp³-hybridized carbons (Fsp3) is 0.483. The SMILES string of the molecule is COC[C@@H]1CCCN1C(=O)[C@H]1[C@H]2C[C@@H](c3cc4ccccc4n31)N(CCOC(C)=O)C=C2/C=C/C(=O)OC. The molecule has 5 rings (SSSR count). The van der Waals surface area contributed by atoms with Gasteiger partial charge >= 0.3 is 11.9 Å². The molecule has 202 valence electrons. The van der Waals surface area contributed by atoms with E-state index in [2.05, 4.69) is 27.7 Å². The van der Waals surface area contributed by atoms with Crippen LogP contribution in [0, 0.1) is 5.92 Å². The van der Waals surface area contributed by atoms with Gasteiger partial charge in [-0.05, 0) is 48.4 Å². The van der Waals surface area contributed by atoms with E-state index >= 15 is 0 Å². The molecule has 0 N–H and O–H groups in total. The number of aromatic nitrogens is 1. The maximum atomic E-state index is 14.4. The highest BCUT2D eigenvalue weighted by atomic mass is 16.5. The Balaban J connectivity index is 1.61. The number of rotatable bonds is 8. The molecule has 2 aromatic rings. The number of ether oxygens (including phenoxy) is 3. The van der Waals surface area contributed by atoms with Gasteiger partial charge in [0.25, 0.3) is 0 Å². The predicted octanol–water partition coefficient (Wildman–Crippen LogP) is 3.37. The highest BCUT2D eigenvalue weighted by Crippen LogP contribution is 2.50. The Bertz CT molecular complexity index is 1280. The Morgan fingerprint density at radius 1 is 1.16 bits per heavy atom. The second-order valence-electron chi connectivity index (χ2n) is 10.1. The molecule has 1 fully saturated rings. The molecule has 9 nitrogen and oxygen atoms in total. The van der Waals surface area contributed by atoms with Gasteiger partial charge in [0, 0.05) is 50.0 Å². The van der Waals surface area contributed by atoms with Gasteiger partial charge in [-0.1, -0.05) is 18.2 Å². The summed E-state index contributed by atoms with van der Waals surface area (Å²) in [6.07, 6.45) is 7.76. The monoisotopic (exact) mass is 521 g/mol. The summed E-state index contributed by atoms with van der Waals surface area (Å²) in [6, 6.07) is 9.91. The van der Waals surface area contributed by atoms with Gasteiger partial charge < -0.3 is 28.6 Å². The number of nitrogens with zero attached hydrogens (tertiary/aromatic N) is 3. The van der Waals surface area contributed by atoms with Gasteiger partial charge in [0.2, 0.25) is 5.91 Å². The summed E-state index contributed by atoms with van der Waals surface area (Å²) >= 11 is 0. The zero-order chi connectivity index (χ0) is 26.8. The molecule has 2 bridgehead atoms. The molecule has 0 spiro atoms. The van der Waals surface area contributed by atoms with Gasteiger partial charge in [0.05, 0.1) is 32.3 Å². The number of carbonyl (C=O) groups excluding carboxylic acids is 3. The number of esters is 2. The number of allylic oxidation sites excluding steroid dienone is 2. The average molecular weight is 522 g/mol. The summed E-state index contributed by atoms with van der Waals surface area (Å²) in [7, 11) is 3.02. The average Bonchev–Trinajstić information content (AvgIpc) is 3.53. The van der Waals surface area contributed by atoms with Gasteiger partial charge in [-0.15, -0.1) is 0 Å². The third kappa shape index (κ3) is 4.82. The molecular formula is C29H35N3O6. The minimum atomic E-state index is -0.456. The molecule has 0 aliphatic carbocycles. The smallest absolute Gasteiger partial charge is 0.330 e. The molecule has 1 amide bonds. The fourth-order valence-corrected chi connectivity index (χ4v) is 6.29. The second-order valence-corrected chi connectivity index (χ2v) is 10.1. The molecule has 3 aliphatic rings. The van der Waals surface area contributed by atoms with Gasteiger partial charge in [-0.25, -0.2) is 4.79 Å². The van der Waals surface area contributed by atoms with Crippen LogP contribution in [0.3, 0.4) is 0 Å². The van der Waals surface area contributed by atoms with Crippen molar-refractivity contribution >= 4 is 28.7 Å². The molecule has 0 unspecified atom stereocenters. The summed E-state index contributed by atoms with van der Waals surface area (Å²) in [5.41, 5.74) is 2.95. The summed E-state index contributed by atoms with van der Waals surface area (Å²) in [5.74, 6) is -0.842. The van der Waals surface area contributed by atoms with Crippen molar-refractivity contribution in [3.8, 4) is 0 Å². The standard InChI is InChI=1S/C29H35N3O6/c1-19(33)38-14-13-30-17-21(10-11-27(34)37-3)23-16-25(30)26-15-20-7-4-5-9-24(20)32(26)28(23)29(35)31-12-6-8-22(31)18-36-2/h4-5,7,9-11,15,17,22-23,25,28H,6,8,12-14,16,18H2,1-3H3/b11-10+/t22-,23-,25-,28+/m0/s1. The highest BCUT2D eigenvalue weighted by molar-refractivity contribution is 5.88. The minimum absolute atomic E-state index is 0.00404. The van der Waals surface area contributed by atoms with Crippen molar-refractivity contribution in [2.24, 2.45) is 5.92 Å². The normalized spacial score (nSPS) is 24.4. The molecule has 1 aromatic heterocycles. The Labute approximate surface area is 222 Å². The minimum Gasteiger partial charge on any atom is -0.466 e. The third-order valence-corrected chi connectivity index (χ3v) is 7.94. The number of para-hydroxylation sites is 1. The van der Waals surface area contributed by atoms with Crippen molar-refractivity contribution < 1.29 is 28.6 Å². The zero-order valence-corrected chi connectivity index (χ0v) is 22.2. The topological polar surface area (TPSA) is 90.3 Å². The molecule has 0 saturated carbocycles. The quantitative estimate of drug-likeness (QED) is 0.389. The van der Waals surface area contributed by atoms with E-state index in [1.807, 2.05) is 23.2 Å². The van der Waals surface area contributed by atoms with Gasteiger partial charge in [-0.3, -0.25) is 9.59 Å². The molecule has 0 radical (unpaired) electrons. The van der Waals surface area contributed by atoms with Gasteiger partial charge in [0.15, 0.2) is 0 Å². The molecule has 1 saturated heterocycles. The van der Waals surface area contributed by atoms with Crippen LogP contribution in [0.25, 0.3) is 10.9 Å². The summed E-state index contributed by atoms with van der Waals surface area (Å²) < 4.78 is 17.8. The molecular weight excluding hydrogens is 486 g/mol. The number of methoxy groups -OCH3 is 2. The Hall–Kier alpha value is -3.59. The Morgan fingerprint density at radius 3 is 2.74 bits per heavy atom. The van der Waals surface area contributed by atoms with E-state index in [0.29, 0.717) is 26.1 Å². The van der Waals surface area contributed by atoms with Crippen LogP contribution in [0.15, 0.2) is 54.3 Å². The van der Waals surface area contributed by atoms with Crippen molar-refractivity contribution in [1.82, 2.24) is 14.4 Å². The molecule has 4 atom stereocenters. The number of hydrogen-bond donors (Lipinski definition) is 0. The van der Waals surface area contributed by atoms with Crippen molar-refractivity contribution in [2.45, 2.75) is 44.3 Å². The number of likely N-dealkylation sites (tertiary alicyclic amines) is 1. The maximum Gasteiger partial charge on any atom is 0.330 e. The van der Waals surface area contributed by atoms with Crippen molar-refractivity contribution in [1.29, 1.82) is 0 Å². The largest absolute Gasteiger partial charge is 0.466 e. The molecule has 1 aromatic carbocycles. The third-order valence-electron chi connectivity index (χ3n) is 7.94. The summed E-state index contributed by atoms with van der Waals surface area (Å²) in [6.45, 7) is 3.36. The first-order valence-electron chi connectivity index (χ1n) is 13.2. The first kappa shape index (κ1) is 26.0. The van der Waals surface area contributed by atoms with Crippen LogP contribution < -0.4 is 0 Å². The van der Waals surface area contributed by atoms with Crippen molar-refractivity contribution in [2.75, 3.05) is 40.5 Å². The number of carbonyl (C=O) groups is 3. The predicted molar refractivity (Wildman–Crippen MR) is 141 cm³/mol. The second kappa shape index (κ2) is 11.0. The number of fused-ring (bicyclic) bond motifs is 6. The van der Waals surface area contributed by atoms with E-state index in [0.717, 1.165) is 35.0 Å². The first-order valence-corrected chi connectivity index (χ1v) is 13.2. The first-order chi connectivity index (χ1) is 18.4. The van der Waals surface area contributed by atoms with Gasteiger partial charge in [0.1, 0.15) is 12.6 Å². The summed E-state index contributed by atoms with van der Waals surface area (Å²) in [4.78, 5) is 42.0. The van der Waals surface area contributed by atoms with E-state index in [-0.39, 0.29) is 36.5 Å². The lowest BCUT2D eigenvalue weighted by Crippen LogP contribution is -2.49. The highest BCUT2D eigenvalue weighted by Gasteiger charge is 2.47. The van der Waals surface area contributed by atoms with Crippen LogP contribution in [0.4, 0.5) is 0 Å². The van der Waals surface area contributed by atoms with Crippen LogP contribution in [0.5, 0.6) is 0 Å². The number of benzene rings is 1. The lowest BCUT2D eigenvalue weighted by atomic mass is 9.77. The van der Waals surface area contributed by atoms with E-state index in [1.165, 1.54) is 20.1 Å². The van der Waals surface area contributed by atoms with Crippen LogP contribution in [-0.2, 0) is 28.6 Å². The van der Waals surface area contributed by atoms with E-state index in [9.17, 15) is 14.4 Å². The number of amides is 1. The Kier molecular flexibility index (Phi) is 7.56. The Morgan fingerprint density at radius 2 is 1.97 bits per heavy atom. The molecule has 9 heteroatoms. The van der Waals surface area contributed by atoms with Crippen molar-refractivity contribution in [3.63, 3.8) is 0 Å². The van der Waals surface area contributed by atoms with E-state index in [1.54, 1.807) is 13.2 Å². The maximum absolute atomic E-state index is 14.4. The van der Waals surface area contributed by atoms with E-state index < -0.39 is 12.0 Å². The molecule has 4 heterocycles. The lowest BCUT2D eigenvalue weighted by molar-refractivity contribution is -0.142. The van der Waals surface area contributed by atoms with Crippen LogP contribution in [-0.4, -0.2) is 78.8 Å².